The van der Waals surface area contributed by atoms with Gasteiger partial charge in [-0.2, -0.15) is 5.10 Å². The average Bonchev–Trinajstić information content (AvgIpc) is 3.02. The van der Waals surface area contributed by atoms with Gasteiger partial charge in [0.15, 0.2) is 0 Å². The maximum atomic E-state index is 4.51. The minimum atomic E-state index is 0.370. The second kappa shape index (κ2) is 6.11. The number of nitrogens with one attached hydrogen (secondary N) is 1. The van der Waals surface area contributed by atoms with Crippen LogP contribution in [0, 0.1) is 0 Å². The van der Waals surface area contributed by atoms with Crippen LogP contribution in [-0.2, 0) is 6.54 Å². The molecule has 5 heteroatoms. The molecule has 4 nitrogen and oxygen atoms in total. The molecule has 2 aromatic rings. The molecule has 18 heavy (non-hydrogen) atoms. The monoisotopic (exact) mass is 264 g/mol. The van der Waals surface area contributed by atoms with E-state index >= 15 is 0 Å². The zero-order chi connectivity index (χ0) is 13.0. The summed E-state index contributed by atoms with van der Waals surface area (Å²) in [5.74, 6) is 0. The highest BCUT2D eigenvalue weighted by atomic mass is 32.1. The lowest BCUT2D eigenvalue weighted by Gasteiger charge is -2.09. The van der Waals surface area contributed by atoms with Crippen LogP contribution in [0.15, 0.2) is 18.5 Å². The molecule has 2 rings (SSSR count). The van der Waals surface area contributed by atoms with Crippen LogP contribution < -0.4 is 5.32 Å². The van der Waals surface area contributed by atoms with Crippen LogP contribution in [0.1, 0.15) is 38.1 Å². The van der Waals surface area contributed by atoms with Crippen molar-refractivity contribution < 1.29 is 0 Å². The molecule has 2 aromatic heterocycles. The van der Waals surface area contributed by atoms with Crippen molar-refractivity contribution in [1.82, 2.24) is 20.1 Å². The highest BCUT2D eigenvalue weighted by molar-refractivity contribution is 7.15. The Morgan fingerprint density at radius 2 is 2.28 bits per heavy atom. The highest BCUT2D eigenvalue weighted by Crippen LogP contribution is 2.28. The number of hydrogen-bond acceptors (Lipinski definition) is 4. The van der Waals surface area contributed by atoms with E-state index < -0.39 is 0 Å². The average molecular weight is 264 g/mol. The Hall–Kier alpha value is -1.20. The smallest absolute Gasteiger partial charge is 0.141 e. The van der Waals surface area contributed by atoms with Gasteiger partial charge in [-0.3, -0.25) is 4.68 Å². The standard InChI is InChI=1S/C13H20N4S/c1-4-7-14-10(3)12-9-15-13(18-12)11-6-8-16-17(11)5-2/h6,8-10,14H,4-5,7H2,1-3H3. The van der Waals surface area contributed by atoms with Crippen molar-refractivity contribution in [2.45, 2.75) is 39.8 Å². The second-order valence-corrected chi connectivity index (χ2v) is 5.34. The summed E-state index contributed by atoms with van der Waals surface area (Å²) in [6, 6.07) is 2.39. The van der Waals surface area contributed by atoms with Gasteiger partial charge in [0.1, 0.15) is 5.01 Å². The molecular weight excluding hydrogens is 244 g/mol. The van der Waals surface area contributed by atoms with Crippen molar-refractivity contribution in [3.63, 3.8) is 0 Å². The molecule has 98 valence electrons. The van der Waals surface area contributed by atoms with Crippen LogP contribution in [0.5, 0.6) is 0 Å². The Morgan fingerprint density at radius 1 is 1.44 bits per heavy atom. The van der Waals surface area contributed by atoms with Crippen LogP contribution in [0.2, 0.25) is 0 Å². The molecule has 0 amide bonds. The van der Waals surface area contributed by atoms with Gasteiger partial charge in [-0.05, 0) is 32.9 Å². The minimum Gasteiger partial charge on any atom is -0.309 e. The molecule has 0 aliphatic rings. The first-order valence-corrected chi connectivity index (χ1v) is 7.29. The molecule has 0 aromatic carbocycles. The number of aryl methyl sites for hydroxylation is 1. The summed E-state index contributed by atoms with van der Waals surface area (Å²) in [5, 5.41) is 8.82. The number of thiazole rings is 1. The molecule has 0 saturated heterocycles. The Bertz CT molecular complexity index is 489. The number of aromatic nitrogens is 3. The lowest BCUT2D eigenvalue weighted by molar-refractivity contribution is 0.577. The zero-order valence-electron chi connectivity index (χ0n) is 11.2. The summed E-state index contributed by atoms with van der Waals surface area (Å²) in [7, 11) is 0. The fourth-order valence-corrected chi connectivity index (χ4v) is 2.81. The Balaban J connectivity index is 2.15. The molecule has 0 aliphatic heterocycles. The number of nitrogens with zero attached hydrogens (tertiary/aromatic N) is 3. The van der Waals surface area contributed by atoms with Crippen molar-refractivity contribution in [1.29, 1.82) is 0 Å². The highest BCUT2D eigenvalue weighted by Gasteiger charge is 2.12. The molecule has 2 heterocycles. The van der Waals surface area contributed by atoms with E-state index in [-0.39, 0.29) is 0 Å². The molecule has 0 radical (unpaired) electrons. The molecule has 1 N–H and O–H groups in total. The van der Waals surface area contributed by atoms with E-state index in [2.05, 4.69) is 36.2 Å². The maximum absolute atomic E-state index is 4.51. The first kappa shape index (κ1) is 13.2. The summed E-state index contributed by atoms with van der Waals surface area (Å²) in [4.78, 5) is 5.79. The molecule has 0 aliphatic carbocycles. The third kappa shape index (κ3) is 2.79. The third-order valence-corrected chi connectivity index (χ3v) is 4.09. The zero-order valence-corrected chi connectivity index (χ0v) is 12.0. The summed E-state index contributed by atoms with van der Waals surface area (Å²) in [5.41, 5.74) is 1.11. The van der Waals surface area contributed by atoms with E-state index in [1.807, 2.05) is 23.1 Å². The van der Waals surface area contributed by atoms with E-state index in [9.17, 15) is 0 Å². The fourth-order valence-electron chi connectivity index (χ4n) is 1.83. The van der Waals surface area contributed by atoms with Crippen LogP contribution in [-0.4, -0.2) is 21.3 Å². The van der Waals surface area contributed by atoms with Crippen molar-refractivity contribution in [2.75, 3.05) is 6.54 Å². The van der Waals surface area contributed by atoms with Gasteiger partial charge in [-0.15, -0.1) is 11.3 Å². The van der Waals surface area contributed by atoms with Gasteiger partial charge in [0.2, 0.25) is 0 Å². The van der Waals surface area contributed by atoms with Crippen LogP contribution >= 0.6 is 11.3 Å². The fraction of sp³-hybridized carbons (Fsp3) is 0.538. The lowest BCUT2D eigenvalue weighted by atomic mass is 10.3. The van der Waals surface area contributed by atoms with Crippen LogP contribution in [0.4, 0.5) is 0 Å². The molecule has 0 spiro atoms. The van der Waals surface area contributed by atoms with Gasteiger partial charge >= 0.3 is 0 Å². The Morgan fingerprint density at radius 3 is 3.00 bits per heavy atom. The summed E-state index contributed by atoms with van der Waals surface area (Å²) >= 11 is 1.74. The Labute approximate surface area is 112 Å². The molecular formula is C13H20N4S. The molecule has 0 bridgehead atoms. The van der Waals surface area contributed by atoms with E-state index in [0.717, 1.165) is 30.2 Å². The number of hydrogen-bond donors (Lipinski definition) is 1. The first-order valence-electron chi connectivity index (χ1n) is 6.47. The predicted octanol–water partition coefficient (Wildman–Crippen LogP) is 3.09. The van der Waals surface area contributed by atoms with Crippen LogP contribution in [0.3, 0.4) is 0 Å². The molecule has 0 saturated carbocycles. The van der Waals surface area contributed by atoms with Crippen molar-refractivity contribution in [3.05, 3.63) is 23.3 Å². The third-order valence-electron chi connectivity index (χ3n) is 2.89. The van der Waals surface area contributed by atoms with Crippen LogP contribution in [0.25, 0.3) is 10.7 Å². The molecule has 1 atom stereocenters. The largest absolute Gasteiger partial charge is 0.309 e. The normalized spacial score (nSPS) is 12.8. The van der Waals surface area contributed by atoms with E-state index in [0.29, 0.717) is 6.04 Å². The predicted molar refractivity (Wildman–Crippen MR) is 75.7 cm³/mol. The summed E-state index contributed by atoms with van der Waals surface area (Å²) in [6.07, 6.45) is 4.96. The van der Waals surface area contributed by atoms with Gasteiger partial charge in [0.25, 0.3) is 0 Å². The van der Waals surface area contributed by atoms with Gasteiger partial charge in [0, 0.05) is 29.9 Å². The van der Waals surface area contributed by atoms with E-state index in [4.69, 9.17) is 0 Å². The second-order valence-electron chi connectivity index (χ2n) is 4.28. The SMILES string of the molecule is CCCNC(C)c1cnc(-c2ccnn2CC)s1. The van der Waals surface area contributed by atoms with E-state index in [1.165, 1.54) is 4.88 Å². The lowest BCUT2D eigenvalue weighted by Crippen LogP contribution is -2.18. The van der Waals surface area contributed by atoms with Gasteiger partial charge in [-0.1, -0.05) is 6.92 Å². The quantitative estimate of drug-likeness (QED) is 0.872. The Kier molecular flexibility index (Phi) is 4.49. The van der Waals surface area contributed by atoms with E-state index in [1.54, 1.807) is 11.3 Å². The van der Waals surface area contributed by atoms with Gasteiger partial charge < -0.3 is 5.32 Å². The van der Waals surface area contributed by atoms with Crippen molar-refractivity contribution >= 4 is 11.3 Å². The maximum Gasteiger partial charge on any atom is 0.141 e. The van der Waals surface area contributed by atoms with Crippen molar-refractivity contribution in [2.24, 2.45) is 0 Å². The van der Waals surface area contributed by atoms with Gasteiger partial charge in [0.05, 0.1) is 5.69 Å². The van der Waals surface area contributed by atoms with Gasteiger partial charge in [-0.25, -0.2) is 4.98 Å². The summed E-state index contributed by atoms with van der Waals surface area (Å²) < 4.78 is 1.98. The minimum absolute atomic E-state index is 0.370. The molecule has 0 fully saturated rings. The van der Waals surface area contributed by atoms with Crippen molar-refractivity contribution in [3.8, 4) is 10.7 Å². The number of rotatable bonds is 6. The first-order chi connectivity index (χ1) is 8.76. The molecule has 1 unspecified atom stereocenters. The topological polar surface area (TPSA) is 42.7 Å². The summed E-state index contributed by atoms with van der Waals surface area (Å²) in [6.45, 7) is 8.38.